The van der Waals surface area contributed by atoms with Crippen LogP contribution in [0.1, 0.15) is 277 Å². The molecular formula is C59H111NO8. The van der Waals surface area contributed by atoms with Crippen LogP contribution in [-0.4, -0.2) is 87.5 Å². The second-order valence-corrected chi connectivity index (χ2v) is 20.4. The third-order valence-corrected chi connectivity index (χ3v) is 13.9. The quantitative estimate of drug-likeness (QED) is 0.0261. The monoisotopic (exact) mass is 962 g/mol. The first kappa shape index (κ1) is 64.4. The molecule has 0 spiro atoms. The molecule has 9 nitrogen and oxygen atoms in total. The van der Waals surface area contributed by atoms with E-state index >= 15 is 0 Å². The lowest BCUT2D eigenvalue weighted by Gasteiger charge is -2.40. The van der Waals surface area contributed by atoms with Crippen LogP contribution in [-0.2, 0) is 14.3 Å². The molecule has 400 valence electrons. The van der Waals surface area contributed by atoms with Crippen molar-refractivity contribution in [3.05, 3.63) is 36.5 Å². The van der Waals surface area contributed by atoms with Gasteiger partial charge in [0.05, 0.1) is 25.4 Å². The van der Waals surface area contributed by atoms with Crippen molar-refractivity contribution in [2.75, 3.05) is 13.2 Å². The second kappa shape index (κ2) is 49.0. The Balaban J connectivity index is 2.25. The fourth-order valence-electron chi connectivity index (χ4n) is 9.29. The Morgan fingerprint density at radius 1 is 0.485 bits per heavy atom. The van der Waals surface area contributed by atoms with Gasteiger partial charge in [0.2, 0.25) is 5.91 Å². The molecular weight excluding hydrogens is 851 g/mol. The summed E-state index contributed by atoms with van der Waals surface area (Å²) in [4.78, 5) is 13.0. The SMILES string of the molecule is CCCCCCCCCCC/C=C\CCCCCCCCCC(=O)NC(COC1OC(CO)C(O)C(O)C1O)C(O)/C=C/CC/C=C/CCCCCCCCCCCCCCCCCCCCC. The van der Waals surface area contributed by atoms with Crippen molar-refractivity contribution in [3.8, 4) is 0 Å². The number of hydrogen-bond donors (Lipinski definition) is 6. The second-order valence-electron chi connectivity index (χ2n) is 20.4. The van der Waals surface area contributed by atoms with E-state index in [4.69, 9.17) is 9.47 Å². The molecule has 0 aliphatic carbocycles. The molecule has 1 aliphatic rings. The van der Waals surface area contributed by atoms with Gasteiger partial charge in [0.15, 0.2) is 6.29 Å². The minimum Gasteiger partial charge on any atom is -0.394 e. The van der Waals surface area contributed by atoms with Crippen LogP contribution >= 0.6 is 0 Å². The predicted molar refractivity (Wildman–Crippen MR) is 286 cm³/mol. The van der Waals surface area contributed by atoms with Crippen molar-refractivity contribution in [2.45, 2.75) is 320 Å². The maximum absolute atomic E-state index is 13.0. The average molecular weight is 963 g/mol. The van der Waals surface area contributed by atoms with E-state index in [0.29, 0.717) is 6.42 Å². The van der Waals surface area contributed by atoms with E-state index in [1.54, 1.807) is 6.08 Å². The molecule has 0 radical (unpaired) electrons. The zero-order valence-corrected chi connectivity index (χ0v) is 44.4. The average Bonchev–Trinajstić information content (AvgIpc) is 3.34. The maximum atomic E-state index is 13.0. The molecule has 1 heterocycles. The molecule has 1 fully saturated rings. The fourth-order valence-corrected chi connectivity index (χ4v) is 9.29. The Hall–Kier alpha value is -1.59. The van der Waals surface area contributed by atoms with Crippen molar-refractivity contribution in [3.63, 3.8) is 0 Å². The van der Waals surface area contributed by atoms with Crippen LogP contribution in [0.25, 0.3) is 0 Å². The number of hydrogen-bond acceptors (Lipinski definition) is 8. The normalized spacial score (nSPS) is 19.8. The highest BCUT2D eigenvalue weighted by Gasteiger charge is 2.44. The molecule has 0 aromatic carbocycles. The molecule has 7 atom stereocenters. The van der Waals surface area contributed by atoms with Gasteiger partial charge in [-0.25, -0.2) is 0 Å². The highest BCUT2D eigenvalue weighted by atomic mass is 16.7. The number of aliphatic hydroxyl groups is 5. The van der Waals surface area contributed by atoms with Gasteiger partial charge in [-0.3, -0.25) is 4.79 Å². The Morgan fingerprint density at radius 2 is 0.838 bits per heavy atom. The minimum atomic E-state index is -1.57. The number of carbonyl (C=O) groups excluding carboxylic acids is 1. The summed E-state index contributed by atoms with van der Waals surface area (Å²) in [5.74, 6) is -0.188. The summed E-state index contributed by atoms with van der Waals surface area (Å²) in [6, 6.07) is -0.824. The van der Waals surface area contributed by atoms with E-state index < -0.39 is 49.5 Å². The number of nitrogens with one attached hydrogen (secondary N) is 1. The van der Waals surface area contributed by atoms with Gasteiger partial charge in [0.25, 0.3) is 0 Å². The number of unbranched alkanes of at least 4 members (excludes halogenated alkanes) is 36. The summed E-state index contributed by atoms with van der Waals surface area (Å²) >= 11 is 0. The van der Waals surface area contributed by atoms with Gasteiger partial charge in [-0.1, -0.05) is 249 Å². The van der Waals surface area contributed by atoms with Crippen LogP contribution in [0.4, 0.5) is 0 Å². The zero-order chi connectivity index (χ0) is 49.4. The lowest BCUT2D eigenvalue weighted by atomic mass is 9.99. The number of ether oxygens (including phenoxy) is 2. The van der Waals surface area contributed by atoms with E-state index in [9.17, 15) is 30.3 Å². The lowest BCUT2D eigenvalue weighted by Crippen LogP contribution is -2.60. The number of carbonyl (C=O) groups is 1. The van der Waals surface area contributed by atoms with Crippen molar-refractivity contribution >= 4 is 5.91 Å². The van der Waals surface area contributed by atoms with E-state index in [1.165, 1.54) is 205 Å². The first-order chi connectivity index (χ1) is 33.3. The summed E-state index contributed by atoms with van der Waals surface area (Å²) in [5.41, 5.74) is 0. The third-order valence-electron chi connectivity index (χ3n) is 13.9. The molecule has 1 amide bonds. The Morgan fingerprint density at radius 3 is 1.24 bits per heavy atom. The first-order valence-electron chi connectivity index (χ1n) is 29.2. The van der Waals surface area contributed by atoms with Crippen LogP contribution in [0.2, 0.25) is 0 Å². The lowest BCUT2D eigenvalue weighted by molar-refractivity contribution is -0.302. The summed E-state index contributed by atoms with van der Waals surface area (Å²) < 4.78 is 11.3. The van der Waals surface area contributed by atoms with E-state index in [2.05, 4.69) is 43.5 Å². The molecule has 1 saturated heterocycles. The van der Waals surface area contributed by atoms with Gasteiger partial charge in [-0.15, -0.1) is 0 Å². The third kappa shape index (κ3) is 38.1. The first-order valence-corrected chi connectivity index (χ1v) is 29.2. The van der Waals surface area contributed by atoms with E-state index in [1.807, 2.05) is 6.08 Å². The summed E-state index contributed by atoms with van der Waals surface area (Å²) in [6.07, 6.45) is 56.4. The topological polar surface area (TPSA) is 149 Å². The number of allylic oxidation sites excluding steroid dienone is 5. The molecule has 0 saturated carbocycles. The van der Waals surface area contributed by atoms with Crippen LogP contribution in [0.5, 0.6) is 0 Å². The highest BCUT2D eigenvalue weighted by Crippen LogP contribution is 2.23. The number of aliphatic hydroxyl groups excluding tert-OH is 5. The Bertz CT molecular complexity index is 1160. The van der Waals surface area contributed by atoms with E-state index in [-0.39, 0.29) is 12.5 Å². The van der Waals surface area contributed by atoms with Crippen molar-refractivity contribution < 1.29 is 39.8 Å². The summed E-state index contributed by atoms with van der Waals surface area (Å²) in [6.45, 7) is 3.79. The van der Waals surface area contributed by atoms with Crippen molar-refractivity contribution in [1.29, 1.82) is 0 Å². The molecule has 1 aliphatic heterocycles. The fraction of sp³-hybridized carbons (Fsp3) is 0.881. The zero-order valence-electron chi connectivity index (χ0n) is 44.4. The van der Waals surface area contributed by atoms with Crippen LogP contribution in [0.15, 0.2) is 36.5 Å². The molecule has 0 bridgehead atoms. The smallest absolute Gasteiger partial charge is 0.220 e. The highest BCUT2D eigenvalue weighted by molar-refractivity contribution is 5.76. The Labute approximate surface area is 419 Å². The van der Waals surface area contributed by atoms with Gasteiger partial charge in [0.1, 0.15) is 24.4 Å². The van der Waals surface area contributed by atoms with Crippen LogP contribution in [0.3, 0.4) is 0 Å². The molecule has 6 N–H and O–H groups in total. The van der Waals surface area contributed by atoms with Crippen LogP contribution < -0.4 is 5.32 Å². The van der Waals surface area contributed by atoms with Gasteiger partial charge in [-0.2, -0.15) is 0 Å². The maximum Gasteiger partial charge on any atom is 0.220 e. The van der Waals surface area contributed by atoms with Crippen LogP contribution in [0, 0.1) is 0 Å². The summed E-state index contributed by atoms with van der Waals surface area (Å²) in [7, 11) is 0. The Kier molecular flexibility index (Phi) is 46.4. The number of rotatable bonds is 50. The molecule has 0 aromatic heterocycles. The molecule has 7 unspecified atom stereocenters. The van der Waals surface area contributed by atoms with Gasteiger partial charge in [0, 0.05) is 6.42 Å². The van der Waals surface area contributed by atoms with Crippen molar-refractivity contribution in [1.82, 2.24) is 5.32 Å². The minimum absolute atomic E-state index is 0.188. The standard InChI is InChI=1S/C59H111NO8/c1-3-5-7-9-11-13-15-17-19-21-23-25-26-27-28-29-30-32-34-36-38-40-42-44-46-48-53(62)52(51-67-59-58(66)57(65)56(64)54(50-61)68-59)60-55(63)49-47-45-43-41-39-37-35-33-31-24-22-20-18-16-14-12-10-8-6-4-2/h24,31,38,40,46,48,52-54,56-59,61-62,64-66H,3-23,25-30,32-37,39,41-45,47,49-51H2,1-2H3,(H,60,63)/b31-24-,40-38+,48-46+. The van der Waals surface area contributed by atoms with Crippen molar-refractivity contribution in [2.24, 2.45) is 0 Å². The van der Waals surface area contributed by atoms with Gasteiger partial charge in [-0.05, 0) is 57.8 Å². The van der Waals surface area contributed by atoms with E-state index in [0.717, 1.165) is 51.4 Å². The van der Waals surface area contributed by atoms with Gasteiger partial charge < -0.3 is 40.3 Å². The molecule has 68 heavy (non-hydrogen) atoms. The number of amides is 1. The molecule has 0 aromatic rings. The molecule has 9 heteroatoms. The predicted octanol–water partition coefficient (Wildman–Crippen LogP) is 14.4. The van der Waals surface area contributed by atoms with Gasteiger partial charge >= 0.3 is 0 Å². The summed E-state index contributed by atoms with van der Waals surface area (Å²) in [5, 5.41) is 54.5. The largest absolute Gasteiger partial charge is 0.394 e. The molecule has 1 rings (SSSR count).